The maximum absolute atomic E-state index is 11.7. The summed E-state index contributed by atoms with van der Waals surface area (Å²) in [4.78, 5) is 33.7. The van der Waals surface area contributed by atoms with E-state index in [2.05, 4.69) is 0 Å². The maximum Gasteiger partial charge on any atom is 0.337 e. The maximum atomic E-state index is 11.7. The molecule has 0 spiro atoms. The number of carbonyl (C=O) groups is 2. The monoisotopic (exact) mass is 306 g/mol. The quantitative estimate of drug-likeness (QED) is 0.890. The number of nitrogens with zero attached hydrogens (tertiary/aromatic N) is 1. The molecule has 0 bridgehead atoms. The van der Waals surface area contributed by atoms with E-state index in [9.17, 15) is 14.4 Å². The molecule has 2 aromatic rings. The number of carboxylic acids is 1. The lowest BCUT2D eigenvalue weighted by Gasteiger charge is -2.09. The van der Waals surface area contributed by atoms with Gasteiger partial charge in [-0.3, -0.25) is 9.59 Å². The molecule has 2 rings (SSSR count). The molecule has 1 amide bonds. The lowest BCUT2D eigenvalue weighted by Crippen LogP contribution is -2.21. The minimum absolute atomic E-state index is 0.000483. The summed E-state index contributed by atoms with van der Waals surface area (Å²) in [5.74, 6) is -1.73. The minimum atomic E-state index is -1.13. The summed E-state index contributed by atoms with van der Waals surface area (Å²) >= 11 is 6.04. The highest BCUT2D eigenvalue weighted by Gasteiger charge is 2.09. The molecular weight excluding hydrogens is 296 g/mol. The Morgan fingerprint density at radius 3 is 2.43 bits per heavy atom. The van der Waals surface area contributed by atoms with Crippen LogP contribution in [0.25, 0.3) is 0 Å². The van der Waals surface area contributed by atoms with Crippen LogP contribution in [-0.2, 0) is 6.54 Å². The number of aromatic nitrogens is 1. The number of pyridine rings is 1. The number of amides is 1. The van der Waals surface area contributed by atoms with E-state index in [0.717, 1.165) is 0 Å². The van der Waals surface area contributed by atoms with Crippen molar-refractivity contribution < 1.29 is 14.7 Å². The van der Waals surface area contributed by atoms with Gasteiger partial charge in [0, 0.05) is 22.8 Å². The normalized spacial score (nSPS) is 10.3. The number of rotatable bonds is 4. The number of carbonyl (C=O) groups excluding carboxylic acids is 1. The smallest absolute Gasteiger partial charge is 0.337 e. The number of aromatic carboxylic acids is 1. The van der Waals surface area contributed by atoms with Gasteiger partial charge in [-0.1, -0.05) is 17.7 Å². The van der Waals surface area contributed by atoms with E-state index in [1.54, 1.807) is 6.07 Å². The van der Waals surface area contributed by atoms with Crippen molar-refractivity contribution in [2.45, 2.75) is 6.54 Å². The van der Waals surface area contributed by atoms with Crippen LogP contribution in [0.15, 0.2) is 41.3 Å². The first-order valence-corrected chi connectivity index (χ1v) is 6.28. The lowest BCUT2D eigenvalue weighted by atomic mass is 10.1. The fourth-order valence-corrected chi connectivity index (χ4v) is 2.03. The van der Waals surface area contributed by atoms with Crippen molar-refractivity contribution in [1.82, 2.24) is 4.57 Å². The van der Waals surface area contributed by atoms with Gasteiger partial charge < -0.3 is 15.4 Å². The zero-order valence-corrected chi connectivity index (χ0v) is 11.5. The first-order chi connectivity index (χ1) is 9.88. The summed E-state index contributed by atoms with van der Waals surface area (Å²) in [6.07, 6.45) is 1.24. The van der Waals surface area contributed by atoms with Crippen LogP contribution in [0.5, 0.6) is 0 Å². The molecule has 6 nitrogen and oxygen atoms in total. The molecule has 21 heavy (non-hydrogen) atoms. The molecule has 0 atom stereocenters. The van der Waals surface area contributed by atoms with Crippen LogP contribution in [0.3, 0.4) is 0 Å². The molecule has 0 saturated heterocycles. The molecule has 0 unspecified atom stereocenters. The zero-order chi connectivity index (χ0) is 15.6. The molecule has 0 fully saturated rings. The third-order valence-corrected chi connectivity index (χ3v) is 3.26. The van der Waals surface area contributed by atoms with E-state index < -0.39 is 11.9 Å². The van der Waals surface area contributed by atoms with Crippen LogP contribution in [-0.4, -0.2) is 21.6 Å². The average molecular weight is 307 g/mol. The predicted molar refractivity (Wildman–Crippen MR) is 76.7 cm³/mol. The van der Waals surface area contributed by atoms with Crippen LogP contribution in [0.1, 0.15) is 26.3 Å². The Bertz CT molecular complexity index is 783. The van der Waals surface area contributed by atoms with Gasteiger partial charge in [-0.2, -0.15) is 0 Å². The van der Waals surface area contributed by atoms with Crippen LogP contribution >= 0.6 is 11.6 Å². The summed E-state index contributed by atoms with van der Waals surface area (Å²) in [6, 6.07) is 6.89. The van der Waals surface area contributed by atoms with Crippen LogP contribution in [0.2, 0.25) is 5.02 Å². The molecule has 108 valence electrons. The fourth-order valence-electron chi connectivity index (χ4n) is 1.79. The molecule has 7 heteroatoms. The van der Waals surface area contributed by atoms with Crippen molar-refractivity contribution >= 4 is 23.5 Å². The molecule has 0 radical (unpaired) electrons. The molecule has 1 heterocycles. The van der Waals surface area contributed by atoms with Crippen molar-refractivity contribution in [3.05, 3.63) is 68.6 Å². The molecule has 0 saturated carbocycles. The third-order valence-electron chi connectivity index (χ3n) is 2.91. The van der Waals surface area contributed by atoms with E-state index in [1.807, 2.05) is 0 Å². The van der Waals surface area contributed by atoms with Gasteiger partial charge in [0.2, 0.25) is 5.91 Å². The highest BCUT2D eigenvalue weighted by atomic mass is 35.5. The molecule has 1 aromatic heterocycles. The van der Waals surface area contributed by atoms with Crippen molar-refractivity contribution in [1.29, 1.82) is 0 Å². The average Bonchev–Trinajstić information content (AvgIpc) is 2.42. The van der Waals surface area contributed by atoms with E-state index >= 15 is 0 Å². The van der Waals surface area contributed by atoms with Crippen molar-refractivity contribution in [3.63, 3.8) is 0 Å². The van der Waals surface area contributed by atoms with Gasteiger partial charge >= 0.3 is 5.97 Å². The molecule has 0 aliphatic rings. The first kappa shape index (κ1) is 14.8. The molecule has 0 aliphatic heterocycles. The SMILES string of the molecule is NC(=O)c1ccc(Cn2cc(C(=O)O)ccc2=O)c(Cl)c1. The second-order valence-corrected chi connectivity index (χ2v) is 4.77. The summed E-state index contributed by atoms with van der Waals surface area (Å²) in [6.45, 7) is 0.0951. The van der Waals surface area contributed by atoms with E-state index in [0.29, 0.717) is 5.56 Å². The van der Waals surface area contributed by atoms with Crippen LogP contribution in [0.4, 0.5) is 0 Å². The Morgan fingerprint density at radius 2 is 1.86 bits per heavy atom. The Labute approximate surface area is 124 Å². The van der Waals surface area contributed by atoms with Crippen molar-refractivity contribution in [3.8, 4) is 0 Å². The standard InChI is InChI=1S/C14H11ClN2O4/c15-11-5-8(13(16)19)1-2-9(11)6-17-7-10(14(20)21)3-4-12(17)18/h1-5,7H,6H2,(H2,16,19)(H,20,21). The number of benzene rings is 1. The summed E-state index contributed by atoms with van der Waals surface area (Å²) in [7, 11) is 0. The number of hydrogen-bond acceptors (Lipinski definition) is 3. The number of nitrogens with two attached hydrogens (primary N) is 1. The molecular formula is C14H11ClN2O4. The Kier molecular flexibility index (Phi) is 4.09. The second kappa shape index (κ2) is 5.80. The van der Waals surface area contributed by atoms with E-state index in [4.69, 9.17) is 22.4 Å². The third kappa shape index (κ3) is 3.29. The Hall–Kier alpha value is -2.60. The van der Waals surface area contributed by atoms with Gasteiger partial charge in [-0.05, 0) is 23.8 Å². The Morgan fingerprint density at radius 1 is 1.19 bits per heavy atom. The highest BCUT2D eigenvalue weighted by molar-refractivity contribution is 6.31. The topological polar surface area (TPSA) is 102 Å². The van der Waals surface area contributed by atoms with Crippen LogP contribution in [0, 0.1) is 0 Å². The van der Waals surface area contributed by atoms with Gasteiger partial charge in [0.25, 0.3) is 5.56 Å². The fraction of sp³-hybridized carbons (Fsp3) is 0.0714. The van der Waals surface area contributed by atoms with Gasteiger partial charge in [0.05, 0.1) is 12.1 Å². The largest absolute Gasteiger partial charge is 0.478 e. The number of carboxylic acid groups (broad SMARTS) is 1. The van der Waals surface area contributed by atoms with Gasteiger partial charge in [0.1, 0.15) is 0 Å². The van der Waals surface area contributed by atoms with Crippen LogP contribution < -0.4 is 11.3 Å². The van der Waals surface area contributed by atoms with E-state index in [-0.39, 0.29) is 28.3 Å². The summed E-state index contributed by atoms with van der Waals surface area (Å²) in [5, 5.41) is 9.20. The second-order valence-electron chi connectivity index (χ2n) is 4.36. The lowest BCUT2D eigenvalue weighted by molar-refractivity contribution is 0.0695. The Balaban J connectivity index is 2.38. The summed E-state index contributed by atoms with van der Waals surface area (Å²) in [5.41, 5.74) is 5.63. The summed E-state index contributed by atoms with van der Waals surface area (Å²) < 4.78 is 1.23. The van der Waals surface area contributed by atoms with Gasteiger partial charge in [-0.25, -0.2) is 4.79 Å². The van der Waals surface area contributed by atoms with Gasteiger partial charge in [-0.15, -0.1) is 0 Å². The van der Waals surface area contributed by atoms with Gasteiger partial charge in [0.15, 0.2) is 0 Å². The predicted octanol–water partition coefficient (Wildman–Crippen LogP) is 1.35. The minimum Gasteiger partial charge on any atom is -0.478 e. The number of hydrogen-bond donors (Lipinski definition) is 2. The van der Waals surface area contributed by atoms with Crippen molar-refractivity contribution in [2.24, 2.45) is 5.73 Å². The first-order valence-electron chi connectivity index (χ1n) is 5.90. The molecule has 1 aromatic carbocycles. The number of primary amides is 1. The zero-order valence-electron chi connectivity index (χ0n) is 10.7. The van der Waals surface area contributed by atoms with E-state index in [1.165, 1.54) is 35.0 Å². The van der Waals surface area contributed by atoms with Crippen molar-refractivity contribution in [2.75, 3.05) is 0 Å². The number of halogens is 1. The molecule has 0 aliphatic carbocycles. The molecule has 3 N–H and O–H groups in total. The highest BCUT2D eigenvalue weighted by Crippen LogP contribution is 2.18.